The van der Waals surface area contributed by atoms with E-state index in [0.29, 0.717) is 0 Å². The predicted octanol–water partition coefficient (Wildman–Crippen LogP) is 2.44. The molecule has 2 N–H and O–H groups in total. The highest BCUT2D eigenvalue weighted by Gasteiger charge is 2.29. The van der Waals surface area contributed by atoms with E-state index in [0.717, 1.165) is 10.9 Å². The van der Waals surface area contributed by atoms with Gasteiger partial charge in [-0.1, -0.05) is 22.0 Å². The third-order valence-corrected chi connectivity index (χ3v) is 3.08. The molecule has 0 unspecified atom stereocenters. The van der Waals surface area contributed by atoms with Crippen LogP contribution in [0.25, 0.3) is 0 Å². The summed E-state index contributed by atoms with van der Waals surface area (Å²) < 4.78 is 6.41. The average molecular weight is 279 g/mol. The second-order valence-corrected chi connectivity index (χ2v) is 4.26. The molecule has 0 aliphatic heterocycles. The summed E-state index contributed by atoms with van der Waals surface area (Å²) in [7, 11) is 1.71. The molecular weight excluding hydrogens is 265 g/mol. The summed E-state index contributed by atoms with van der Waals surface area (Å²) in [6.45, 7) is 0. The van der Waals surface area contributed by atoms with Gasteiger partial charge >= 0.3 is 0 Å². The van der Waals surface area contributed by atoms with Crippen molar-refractivity contribution in [3.05, 3.63) is 33.8 Å². The Morgan fingerprint density at radius 3 is 2.86 bits per heavy atom. The minimum atomic E-state index is 0. The zero-order chi connectivity index (χ0) is 9.42. The lowest BCUT2D eigenvalue weighted by molar-refractivity contribution is 0.0907. The fourth-order valence-electron chi connectivity index (χ4n) is 1.85. The molecule has 4 heteroatoms. The highest BCUT2D eigenvalue weighted by molar-refractivity contribution is 9.10. The standard InChI is InChI=1S/C10H12BrNO.ClH/c1-13-9-5-6-4-7(11)2-3-8(6)10(9)12;/h2-4,9-10H,5,12H2,1H3;1H/t9-,10+;/m1./s1. The molecule has 0 spiro atoms. The summed E-state index contributed by atoms with van der Waals surface area (Å²) in [5, 5.41) is 0. The molecular formula is C10H13BrClNO. The lowest BCUT2D eigenvalue weighted by Crippen LogP contribution is -2.23. The Hall–Kier alpha value is -0.0900. The number of hydrogen-bond acceptors (Lipinski definition) is 2. The van der Waals surface area contributed by atoms with Gasteiger partial charge in [0.2, 0.25) is 0 Å². The van der Waals surface area contributed by atoms with Crippen molar-refractivity contribution >= 4 is 28.3 Å². The number of ether oxygens (including phenoxy) is 1. The van der Waals surface area contributed by atoms with E-state index in [-0.39, 0.29) is 24.6 Å². The summed E-state index contributed by atoms with van der Waals surface area (Å²) in [4.78, 5) is 0. The minimum absolute atomic E-state index is 0. The van der Waals surface area contributed by atoms with Crippen LogP contribution in [0.2, 0.25) is 0 Å². The molecule has 78 valence electrons. The monoisotopic (exact) mass is 277 g/mol. The van der Waals surface area contributed by atoms with Crippen LogP contribution in [0.15, 0.2) is 22.7 Å². The summed E-state index contributed by atoms with van der Waals surface area (Å²) in [6, 6.07) is 6.25. The zero-order valence-electron chi connectivity index (χ0n) is 7.87. The third-order valence-electron chi connectivity index (χ3n) is 2.59. The van der Waals surface area contributed by atoms with Crippen LogP contribution >= 0.6 is 28.3 Å². The quantitative estimate of drug-likeness (QED) is 0.856. The number of nitrogens with two attached hydrogens (primary N) is 1. The van der Waals surface area contributed by atoms with E-state index in [4.69, 9.17) is 10.5 Å². The Balaban J connectivity index is 0.000000980. The molecule has 0 saturated carbocycles. The summed E-state index contributed by atoms with van der Waals surface area (Å²) in [5.74, 6) is 0. The Labute approximate surface area is 98.4 Å². The molecule has 2 atom stereocenters. The topological polar surface area (TPSA) is 35.2 Å². The molecule has 0 radical (unpaired) electrons. The van der Waals surface area contributed by atoms with Gasteiger partial charge < -0.3 is 10.5 Å². The van der Waals surface area contributed by atoms with Crippen molar-refractivity contribution < 1.29 is 4.74 Å². The van der Waals surface area contributed by atoms with Crippen molar-refractivity contribution in [1.29, 1.82) is 0 Å². The SMILES string of the molecule is CO[C@@H]1Cc2cc(Br)ccc2[C@@H]1N.Cl. The molecule has 1 aliphatic carbocycles. The van der Waals surface area contributed by atoms with Crippen molar-refractivity contribution in [2.75, 3.05) is 7.11 Å². The molecule has 2 rings (SSSR count). The Morgan fingerprint density at radius 1 is 1.50 bits per heavy atom. The van der Waals surface area contributed by atoms with Crippen molar-refractivity contribution in [3.63, 3.8) is 0 Å². The van der Waals surface area contributed by atoms with Crippen molar-refractivity contribution in [2.45, 2.75) is 18.6 Å². The maximum absolute atomic E-state index is 6.01. The number of methoxy groups -OCH3 is 1. The predicted molar refractivity (Wildman–Crippen MR) is 62.8 cm³/mol. The Bertz CT molecular complexity index is 332. The summed E-state index contributed by atoms with van der Waals surface area (Å²) in [5.41, 5.74) is 8.53. The molecule has 1 aliphatic rings. The normalized spacial score (nSPS) is 24.2. The first kappa shape index (κ1) is 12.0. The average Bonchev–Trinajstić information content (AvgIpc) is 2.42. The lowest BCUT2D eigenvalue weighted by atomic mass is 10.1. The Morgan fingerprint density at radius 2 is 2.21 bits per heavy atom. The van der Waals surface area contributed by atoms with E-state index < -0.39 is 0 Å². The fourth-order valence-corrected chi connectivity index (χ4v) is 2.26. The molecule has 0 fully saturated rings. The van der Waals surface area contributed by atoms with E-state index in [1.54, 1.807) is 7.11 Å². The van der Waals surface area contributed by atoms with Crippen molar-refractivity contribution in [3.8, 4) is 0 Å². The van der Waals surface area contributed by atoms with Crippen LogP contribution in [0.1, 0.15) is 17.2 Å². The van der Waals surface area contributed by atoms with Gasteiger partial charge in [-0.25, -0.2) is 0 Å². The lowest BCUT2D eigenvalue weighted by Gasteiger charge is -2.13. The molecule has 14 heavy (non-hydrogen) atoms. The minimum Gasteiger partial charge on any atom is -0.379 e. The van der Waals surface area contributed by atoms with Gasteiger partial charge in [-0.3, -0.25) is 0 Å². The van der Waals surface area contributed by atoms with Gasteiger partial charge in [0.1, 0.15) is 0 Å². The van der Waals surface area contributed by atoms with Gasteiger partial charge in [0.15, 0.2) is 0 Å². The number of hydrogen-bond donors (Lipinski definition) is 1. The van der Waals surface area contributed by atoms with Crippen LogP contribution in [0, 0.1) is 0 Å². The first-order valence-corrected chi connectivity index (χ1v) is 5.08. The number of benzene rings is 1. The first-order valence-electron chi connectivity index (χ1n) is 4.29. The van der Waals surface area contributed by atoms with Crippen molar-refractivity contribution in [1.82, 2.24) is 0 Å². The van der Waals surface area contributed by atoms with Gasteiger partial charge in [0, 0.05) is 18.0 Å². The first-order chi connectivity index (χ1) is 6.22. The molecule has 0 saturated heterocycles. The molecule has 0 aromatic heterocycles. The summed E-state index contributed by atoms with van der Waals surface area (Å²) in [6.07, 6.45) is 1.07. The molecule has 1 aromatic rings. The molecule has 0 heterocycles. The number of fused-ring (bicyclic) bond motifs is 1. The summed E-state index contributed by atoms with van der Waals surface area (Å²) >= 11 is 3.45. The van der Waals surface area contributed by atoms with E-state index in [1.807, 2.05) is 6.07 Å². The van der Waals surface area contributed by atoms with Gasteiger partial charge in [0.05, 0.1) is 12.1 Å². The fraction of sp³-hybridized carbons (Fsp3) is 0.400. The molecule has 0 bridgehead atoms. The van der Waals surface area contributed by atoms with Gasteiger partial charge in [-0.05, 0) is 23.3 Å². The third kappa shape index (κ3) is 1.96. The van der Waals surface area contributed by atoms with E-state index in [1.165, 1.54) is 11.1 Å². The molecule has 0 amide bonds. The van der Waals surface area contributed by atoms with Gasteiger partial charge in [-0.2, -0.15) is 0 Å². The van der Waals surface area contributed by atoms with Crippen molar-refractivity contribution in [2.24, 2.45) is 5.73 Å². The second-order valence-electron chi connectivity index (χ2n) is 3.35. The second kappa shape index (κ2) is 4.62. The van der Waals surface area contributed by atoms with Crippen LogP contribution in [0.4, 0.5) is 0 Å². The van der Waals surface area contributed by atoms with E-state index >= 15 is 0 Å². The molecule has 2 nitrogen and oxygen atoms in total. The highest BCUT2D eigenvalue weighted by atomic mass is 79.9. The number of rotatable bonds is 1. The van der Waals surface area contributed by atoms with Crippen LogP contribution in [-0.2, 0) is 11.2 Å². The van der Waals surface area contributed by atoms with Crippen LogP contribution in [-0.4, -0.2) is 13.2 Å². The van der Waals surface area contributed by atoms with E-state index in [9.17, 15) is 0 Å². The zero-order valence-corrected chi connectivity index (χ0v) is 10.3. The highest BCUT2D eigenvalue weighted by Crippen LogP contribution is 2.32. The van der Waals surface area contributed by atoms with Gasteiger partial charge in [0.25, 0.3) is 0 Å². The maximum atomic E-state index is 6.01. The smallest absolute Gasteiger partial charge is 0.0804 e. The largest absolute Gasteiger partial charge is 0.379 e. The molecule has 1 aromatic carbocycles. The van der Waals surface area contributed by atoms with E-state index in [2.05, 4.69) is 28.1 Å². The van der Waals surface area contributed by atoms with Crippen LogP contribution < -0.4 is 5.73 Å². The van der Waals surface area contributed by atoms with Gasteiger partial charge in [-0.15, -0.1) is 12.4 Å². The Kier molecular flexibility index (Phi) is 3.95. The van der Waals surface area contributed by atoms with Crippen LogP contribution in [0.3, 0.4) is 0 Å². The maximum Gasteiger partial charge on any atom is 0.0804 e. The number of halogens is 2. The van der Waals surface area contributed by atoms with Crippen LogP contribution in [0.5, 0.6) is 0 Å².